The first-order valence-electron chi connectivity index (χ1n) is 6.62. The van der Waals surface area contributed by atoms with Gasteiger partial charge in [-0.3, -0.25) is 4.57 Å². The van der Waals surface area contributed by atoms with Crippen LogP contribution in [0.4, 0.5) is 0 Å². The van der Waals surface area contributed by atoms with Crippen molar-refractivity contribution in [3.05, 3.63) is 77.6 Å². The summed E-state index contributed by atoms with van der Waals surface area (Å²) in [5.74, 6) is -0.0918. The molecule has 0 fully saturated rings. The Morgan fingerprint density at radius 2 is 1.82 bits per heavy atom. The highest BCUT2D eigenvalue weighted by molar-refractivity contribution is 7.90. The van der Waals surface area contributed by atoms with E-state index in [4.69, 9.17) is 11.6 Å². The summed E-state index contributed by atoms with van der Waals surface area (Å²) >= 11 is 5.97. The Bertz CT molecular complexity index is 889. The SMILES string of the molecule is O=S(=O)(Cc1ccccc1)c1nccn1-c1cccc(Cl)c1. The molecule has 0 amide bonds. The van der Waals surface area contributed by atoms with Crippen molar-refractivity contribution in [2.45, 2.75) is 10.9 Å². The van der Waals surface area contributed by atoms with Gasteiger partial charge < -0.3 is 0 Å². The number of nitrogens with zero attached hydrogens (tertiary/aromatic N) is 2. The van der Waals surface area contributed by atoms with Crippen LogP contribution in [0.15, 0.2) is 72.1 Å². The lowest BCUT2D eigenvalue weighted by atomic mass is 10.2. The largest absolute Gasteiger partial charge is 0.291 e. The maximum atomic E-state index is 12.6. The van der Waals surface area contributed by atoms with E-state index < -0.39 is 9.84 Å². The molecule has 22 heavy (non-hydrogen) atoms. The first-order valence-corrected chi connectivity index (χ1v) is 8.65. The molecule has 2 aromatic carbocycles. The van der Waals surface area contributed by atoms with Gasteiger partial charge in [0.25, 0.3) is 0 Å². The fraction of sp³-hybridized carbons (Fsp3) is 0.0625. The van der Waals surface area contributed by atoms with Crippen LogP contribution in [0, 0.1) is 0 Å². The van der Waals surface area contributed by atoms with E-state index in [1.807, 2.05) is 18.2 Å². The van der Waals surface area contributed by atoms with E-state index in [0.29, 0.717) is 10.7 Å². The van der Waals surface area contributed by atoms with Crippen molar-refractivity contribution >= 4 is 21.4 Å². The molecule has 112 valence electrons. The summed E-state index contributed by atoms with van der Waals surface area (Å²) in [5.41, 5.74) is 1.39. The maximum absolute atomic E-state index is 12.6. The van der Waals surface area contributed by atoms with Crippen LogP contribution in [-0.4, -0.2) is 18.0 Å². The Kier molecular flexibility index (Phi) is 4.00. The lowest BCUT2D eigenvalue weighted by Gasteiger charge is -2.09. The molecule has 1 aromatic heterocycles. The first-order chi connectivity index (χ1) is 10.6. The van der Waals surface area contributed by atoms with E-state index in [0.717, 1.165) is 5.56 Å². The zero-order valence-electron chi connectivity index (χ0n) is 11.6. The van der Waals surface area contributed by atoms with Crippen LogP contribution in [0.2, 0.25) is 5.02 Å². The monoisotopic (exact) mass is 332 g/mol. The van der Waals surface area contributed by atoms with Crippen molar-refractivity contribution in [3.8, 4) is 5.69 Å². The average Bonchev–Trinajstić information content (AvgIpc) is 2.98. The molecular weight excluding hydrogens is 320 g/mol. The molecule has 0 radical (unpaired) electrons. The predicted octanol–water partition coefficient (Wildman–Crippen LogP) is 3.50. The summed E-state index contributed by atoms with van der Waals surface area (Å²) in [4.78, 5) is 4.02. The van der Waals surface area contributed by atoms with Crippen LogP contribution >= 0.6 is 11.6 Å². The van der Waals surface area contributed by atoms with Crippen LogP contribution in [0.3, 0.4) is 0 Å². The molecule has 4 nitrogen and oxygen atoms in total. The van der Waals surface area contributed by atoms with E-state index in [1.165, 1.54) is 10.8 Å². The van der Waals surface area contributed by atoms with Gasteiger partial charge in [-0.25, -0.2) is 13.4 Å². The van der Waals surface area contributed by atoms with Gasteiger partial charge in [0.1, 0.15) is 0 Å². The van der Waals surface area contributed by atoms with E-state index >= 15 is 0 Å². The fourth-order valence-corrected chi connectivity index (χ4v) is 3.83. The van der Waals surface area contributed by atoms with Gasteiger partial charge in [-0.1, -0.05) is 48.0 Å². The second-order valence-corrected chi connectivity index (χ2v) is 7.12. The number of hydrogen-bond donors (Lipinski definition) is 0. The van der Waals surface area contributed by atoms with Crippen molar-refractivity contribution in [3.63, 3.8) is 0 Å². The molecule has 0 aliphatic heterocycles. The molecule has 0 spiro atoms. The highest BCUT2D eigenvalue weighted by Crippen LogP contribution is 2.21. The lowest BCUT2D eigenvalue weighted by Crippen LogP contribution is -2.11. The summed E-state index contributed by atoms with van der Waals surface area (Å²) in [6.45, 7) is 0. The van der Waals surface area contributed by atoms with Gasteiger partial charge in [-0.05, 0) is 23.8 Å². The Labute approximate surface area is 133 Å². The Balaban J connectivity index is 2.01. The molecule has 0 saturated carbocycles. The number of halogens is 1. The molecule has 0 atom stereocenters. The third-order valence-electron chi connectivity index (χ3n) is 3.17. The first kappa shape index (κ1) is 14.8. The van der Waals surface area contributed by atoms with Crippen LogP contribution in [0.5, 0.6) is 0 Å². The smallest absolute Gasteiger partial charge is 0.232 e. The molecule has 3 rings (SSSR count). The van der Waals surface area contributed by atoms with Crippen LogP contribution in [0.25, 0.3) is 5.69 Å². The van der Waals surface area contributed by atoms with Crippen molar-refractivity contribution in [2.24, 2.45) is 0 Å². The normalized spacial score (nSPS) is 11.5. The molecule has 6 heteroatoms. The van der Waals surface area contributed by atoms with Crippen LogP contribution < -0.4 is 0 Å². The number of aromatic nitrogens is 2. The second kappa shape index (κ2) is 5.94. The number of sulfone groups is 1. The Morgan fingerprint density at radius 3 is 2.55 bits per heavy atom. The molecular formula is C16H13ClN2O2S. The number of benzene rings is 2. The number of hydrogen-bond acceptors (Lipinski definition) is 3. The molecule has 0 aliphatic carbocycles. The fourth-order valence-electron chi connectivity index (χ4n) is 2.20. The van der Waals surface area contributed by atoms with E-state index in [9.17, 15) is 8.42 Å². The van der Waals surface area contributed by atoms with Gasteiger partial charge in [0.05, 0.1) is 5.75 Å². The van der Waals surface area contributed by atoms with E-state index in [2.05, 4.69) is 4.98 Å². The number of imidazole rings is 1. The highest BCUT2D eigenvalue weighted by Gasteiger charge is 2.22. The van der Waals surface area contributed by atoms with Crippen molar-refractivity contribution < 1.29 is 8.42 Å². The molecule has 0 bridgehead atoms. The van der Waals surface area contributed by atoms with Crippen LogP contribution in [0.1, 0.15) is 5.56 Å². The average molecular weight is 333 g/mol. The quantitative estimate of drug-likeness (QED) is 0.734. The topological polar surface area (TPSA) is 52.0 Å². The molecule has 0 N–H and O–H groups in total. The Hall–Kier alpha value is -2.11. The molecule has 1 heterocycles. The van der Waals surface area contributed by atoms with Gasteiger partial charge in [-0.2, -0.15) is 0 Å². The van der Waals surface area contributed by atoms with Gasteiger partial charge in [0, 0.05) is 23.1 Å². The standard InChI is InChI=1S/C16H13ClN2O2S/c17-14-7-4-8-15(11-14)19-10-9-18-16(19)22(20,21)12-13-5-2-1-3-6-13/h1-11H,12H2. The molecule has 3 aromatic rings. The lowest BCUT2D eigenvalue weighted by molar-refractivity contribution is 0.583. The summed E-state index contributed by atoms with van der Waals surface area (Å²) in [7, 11) is -3.55. The Morgan fingerprint density at radius 1 is 1.05 bits per heavy atom. The minimum Gasteiger partial charge on any atom is -0.291 e. The van der Waals surface area contributed by atoms with Crippen molar-refractivity contribution in [2.75, 3.05) is 0 Å². The second-order valence-electron chi connectivity index (χ2n) is 4.80. The van der Waals surface area contributed by atoms with Crippen LogP contribution in [-0.2, 0) is 15.6 Å². The van der Waals surface area contributed by atoms with Gasteiger partial charge in [0.15, 0.2) is 0 Å². The van der Waals surface area contributed by atoms with Gasteiger partial charge in [0.2, 0.25) is 15.0 Å². The minimum atomic E-state index is -3.55. The summed E-state index contributed by atoms with van der Waals surface area (Å²) in [5, 5.41) is 0.552. The van der Waals surface area contributed by atoms with Crippen molar-refractivity contribution in [1.29, 1.82) is 0 Å². The molecule has 0 unspecified atom stereocenters. The third-order valence-corrected chi connectivity index (χ3v) is 4.98. The minimum absolute atomic E-state index is 0.0126. The number of rotatable bonds is 4. The zero-order chi connectivity index (χ0) is 15.6. The molecule has 0 saturated heterocycles. The third kappa shape index (κ3) is 3.05. The summed E-state index contributed by atoms with van der Waals surface area (Å²) in [6, 6.07) is 16.0. The van der Waals surface area contributed by atoms with E-state index in [-0.39, 0.29) is 10.9 Å². The highest BCUT2D eigenvalue weighted by atomic mass is 35.5. The van der Waals surface area contributed by atoms with Crippen molar-refractivity contribution in [1.82, 2.24) is 9.55 Å². The maximum Gasteiger partial charge on any atom is 0.232 e. The summed E-state index contributed by atoms with van der Waals surface area (Å²) in [6.07, 6.45) is 3.09. The van der Waals surface area contributed by atoms with Gasteiger partial charge in [-0.15, -0.1) is 0 Å². The van der Waals surface area contributed by atoms with E-state index in [1.54, 1.807) is 42.6 Å². The summed E-state index contributed by atoms with van der Waals surface area (Å²) < 4.78 is 26.8. The zero-order valence-corrected chi connectivity index (χ0v) is 13.1. The predicted molar refractivity (Wildman–Crippen MR) is 85.9 cm³/mol. The molecule has 0 aliphatic rings. The van der Waals surface area contributed by atoms with Gasteiger partial charge >= 0.3 is 0 Å².